The first-order valence-electron chi connectivity index (χ1n) is 29.8. The molecule has 8 rings (SSSR count). The van der Waals surface area contributed by atoms with Gasteiger partial charge in [-0.1, -0.05) is 60.7 Å². The summed E-state index contributed by atoms with van der Waals surface area (Å²) in [5.74, 6) is -4.83. The second-order valence-electron chi connectivity index (χ2n) is 24.2. The number of aliphatic hydroxyl groups excluding tert-OH is 2. The van der Waals surface area contributed by atoms with Gasteiger partial charge in [0, 0.05) is 32.6 Å². The Kier molecular flexibility index (Phi) is 27.2. The highest BCUT2D eigenvalue weighted by Crippen LogP contribution is 2.42. The normalized spacial score (nSPS) is 22.6. The standard InChI is InChI=1S/C25H33FN3O10P.C20H25FN3O8P.C14H19FN2O7/c1-15(22(31)35-13-16-9-7-6-8-10-16)28-40(5,34)36-14-19-18(38-24(33)39-25(2,3)4)11-20(37-19)29-12-17(26)21(30)27-23(29)32;1-12(19(27)30-10-13-6-4-3-5-7-13)23-33(2,29)31-11-16-15(25)8-17(32-16)24-9-14(21)18(26)22-20(24)28;1-14(2,3)24-13(21)23-8-4-10(22-9(8)6-18)17-5-7(15)11(19)16-12(17)20/h6-10,12,15,18-20H,11,13-14H2,1-5H3,(H,28,34)(H,27,30,32);3-7,9,12,15-17,25H,8,10-11H2,1-2H3,(H,23,29)(H,22,26,28);5,8-10,18H,4,6H2,1-3H3,(H,16,19,20)/t15-,18-,19+,20+,40+;12-,15-,16+,17+,33+;8-,9+,10+/m000/s1. The number of aromatic nitrogens is 6. The predicted octanol–water partition coefficient (Wildman–Crippen LogP) is 4.01. The van der Waals surface area contributed by atoms with Crippen molar-refractivity contribution in [1.29, 1.82) is 0 Å². The van der Waals surface area contributed by atoms with E-state index in [4.69, 9.17) is 51.7 Å². The Balaban J connectivity index is 0.000000237. The summed E-state index contributed by atoms with van der Waals surface area (Å²) in [6, 6.07) is 16.2. The third-order valence-corrected chi connectivity index (χ3v) is 16.7. The van der Waals surface area contributed by atoms with Crippen LogP contribution in [-0.4, -0.2) is 156 Å². The third kappa shape index (κ3) is 24.1. The lowest BCUT2D eigenvalue weighted by Crippen LogP contribution is -2.36. The number of hydrogen-bond donors (Lipinski definition) is 7. The zero-order chi connectivity index (χ0) is 71.9. The fourth-order valence-electron chi connectivity index (χ4n) is 9.18. The first-order valence-corrected chi connectivity index (χ1v) is 33.9. The van der Waals surface area contributed by atoms with Crippen molar-refractivity contribution in [2.75, 3.05) is 33.2 Å². The number of esters is 2. The Morgan fingerprint density at radius 1 is 0.567 bits per heavy atom. The number of hydrogen-bond acceptors (Lipinski definition) is 25. The minimum atomic E-state index is -3.64. The average Bonchev–Trinajstić information content (AvgIpc) is 1.71. The molecule has 2 aromatic carbocycles. The summed E-state index contributed by atoms with van der Waals surface area (Å²) in [5, 5.41) is 24.7. The van der Waals surface area contributed by atoms with E-state index in [1.54, 1.807) is 82.9 Å². The summed E-state index contributed by atoms with van der Waals surface area (Å²) >= 11 is 0. The quantitative estimate of drug-likeness (QED) is 0.0292. The molecule has 97 heavy (non-hydrogen) atoms. The van der Waals surface area contributed by atoms with Crippen LogP contribution >= 0.6 is 15.0 Å². The number of benzene rings is 2. The maximum Gasteiger partial charge on any atom is 0.509 e. The summed E-state index contributed by atoms with van der Waals surface area (Å²) in [4.78, 5) is 124. The summed E-state index contributed by atoms with van der Waals surface area (Å²) in [6.45, 7) is 14.2. The second kappa shape index (κ2) is 33.9. The molecule has 3 fully saturated rings. The van der Waals surface area contributed by atoms with Crippen molar-refractivity contribution in [3.8, 4) is 0 Å². The van der Waals surface area contributed by atoms with Crippen molar-refractivity contribution in [3.63, 3.8) is 0 Å². The summed E-state index contributed by atoms with van der Waals surface area (Å²) in [6.07, 6.45) is -9.38. The van der Waals surface area contributed by atoms with Gasteiger partial charge in [-0.05, 0) is 66.5 Å². The van der Waals surface area contributed by atoms with E-state index in [0.29, 0.717) is 18.6 Å². The van der Waals surface area contributed by atoms with Gasteiger partial charge in [0.15, 0.2) is 0 Å². The van der Waals surface area contributed by atoms with Crippen molar-refractivity contribution in [3.05, 3.63) is 170 Å². The van der Waals surface area contributed by atoms with E-state index >= 15 is 0 Å². The van der Waals surface area contributed by atoms with Gasteiger partial charge in [0.25, 0.3) is 31.7 Å². The monoisotopic (exact) mass is 1420 g/mol. The number of carbonyl (C=O) groups is 4. The number of aromatic amines is 3. The van der Waals surface area contributed by atoms with Gasteiger partial charge in [-0.2, -0.15) is 13.2 Å². The summed E-state index contributed by atoms with van der Waals surface area (Å²) < 4.78 is 128. The molecule has 0 bridgehead atoms. The molecule has 0 spiro atoms. The molecule has 3 aliphatic rings. The zero-order valence-corrected chi connectivity index (χ0v) is 56.0. The van der Waals surface area contributed by atoms with Crippen LogP contribution in [0, 0.1) is 17.5 Å². The topological polar surface area (TPSA) is 433 Å². The van der Waals surface area contributed by atoms with Gasteiger partial charge in [-0.3, -0.25) is 61.8 Å². The van der Waals surface area contributed by atoms with Crippen LogP contribution in [0.1, 0.15) is 104 Å². The van der Waals surface area contributed by atoms with Crippen LogP contribution in [-0.2, 0) is 83.6 Å². The Labute approximate surface area is 549 Å². The van der Waals surface area contributed by atoms with E-state index in [1.165, 1.54) is 27.2 Å². The molecular formula is C59H77F3N8O25P2. The van der Waals surface area contributed by atoms with Crippen LogP contribution in [0.2, 0.25) is 0 Å². The number of H-pyrrole nitrogens is 3. The average molecular weight is 1420 g/mol. The number of halogens is 3. The van der Waals surface area contributed by atoms with E-state index in [-0.39, 0.29) is 39.1 Å². The Bertz CT molecular complexity index is 4010. The van der Waals surface area contributed by atoms with Gasteiger partial charge in [0.1, 0.15) is 85.7 Å². The second-order valence-corrected chi connectivity index (χ2v) is 28.6. The molecule has 0 amide bonds. The van der Waals surface area contributed by atoms with Crippen LogP contribution in [0.25, 0.3) is 0 Å². The lowest BCUT2D eigenvalue weighted by atomic mass is 10.2. The Morgan fingerprint density at radius 3 is 1.26 bits per heavy atom. The molecule has 5 aromatic rings. The fourth-order valence-corrected chi connectivity index (χ4v) is 11.8. The third-order valence-electron chi connectivity index (χ3n) is 13.7. The van der Waals surface area contributed by atoms with Crippen molar-refractivity contribution in [2.24, 2.45) is 0 Å². The number of ether oxygens (including phenoxy) is 9. The number of carbonyl (C=O) groups excluding carboxylic acids is 4. The highest BCUT2D eigenvalue weighted by molar-refractivity contribution is 7.56. The van der Waals surface area contributed by atoms with Crippen LogP contribution in [0.3, 0.4) is 0 Å². The maximum absolute atomic E-state index is 13.9. The van der Waals surface area contributed by atoms with E-state index in [1.807, 2.05) is 34.2 Å². The molecule has 534 valence electrons. The molecule has 3 aromatic heterocycles. The molecule has 33 nitrogen and oxygen atoms in total. The van der Waals surface area contributed by atoms with E-state index < -0.39 is 182 Å². The van der Waals surface area contributed by atoms with Crippen molar-refractivity contribution >= 4 is 39.3 Å². The molecule has 0 aliphatic carbocycles. The zero-order valence-electron chi connectivity index (χ0n) is 54.2. The van der Waals surface area contributed by atoms with Crippen LogP contribution < -0.4 is 43.9 Å². The van der Waals surface area contributed by atoms with Gasteiger partial charge in [-0.15, -0.1) is 0 Å². The largest absolute Gasteiger partial charge is 0.509 e. The van der Waals surface area contributed by atoms with E-state index in [0.717, 1.165) is 24.8 Å². The Morgan fingerprint density at radius 2 is 0.897 bits per heavy atom. The van der Waals surface area contributed by atoms with Crippen molar-refractivity contribution in [2.45, 2.75) is 166 Å². The molecule has 0 saturated carbocycles. The number of nitrogens with zero attached hydrogens (tertiary/aromatic N) is 3. The molecule has 38 heteroatoms. The van der Waals surface area contributed by atoms with Gasteiger partial charge in [0.2, 0.25) is 17.5 Å². The number of rotatable bonds is 22. The molecule has 7 N–H and O–H groups in total. The molecular weight excluding hydrogens is 1340 g/mol. The van der Waals surface area contributed by atoms with Crippen molar-refractivity contribution < 1.29 is 103 Å². The van der Waals surface area contributed by atoms with Gasteiger partial charge in [-0.25, -0.2) is 34.1 Å². The van der Waals surface area contributed by atoms with Crippen LogP contribution in [0.4, 0.5) is 22.8 Å². The smallest absolute Gasteiger partial charge is 0.460 e. The molecule has 0 unspecified atom stereocenters. The maximum atomic E-state index is 13.9. The minimum absolute atomic E-state index is 0.0180. The van der Waals surface area contributed by atoms with Gasteiger partial charge in [0.05, 0.1) is 44.5 Å². The lowest BCUT2D eigenvalue weighted by molar-refractivity contribution is -0.147. The summed E-state index contributed by atoms with van der Waals surface area (Å²) in [5.41, 5.74) is -6.26. The highest BCUT2D eigenvalue weighted by Gasteiger charge is 2.43. The van der Waals surface area contributed by atoms with E-state index in [2.05, 4.69) is 10.2 Å². The van der Waals surface area contributed by atoms with Crippen LogP contribution in [0.15, 0.2) is 108 Å². The Hall–Kier alpha value is -8.15. The molecule has 0 radical (unpaired) electrons. The fraction of sp³-hybridized carbons (Fsp3) is 0.525. The van der Waals surface area contributed by atoms with Crippen LogP contribution in [0.5, 0.6) is 0 Å². The number of aliphatic hydroxyl groups is 2. The predicted molar refractivity (Wildman–Crippen MR) is 331 cm³/mol. The SMILES string of the molecule is CC(C)(C)OC(=O)O[C@H]1C[C@H](n2cc(F)c(=O)[nH]c2=O)O[C@@H]1CO.C[C@H](N[P@](C)(=O)OC[C@H]1O[C@@H](n2cc(F)c(=O)[nH]c2=O)C[C@@H]1O)C(=O)OCc1ccccc1.C[C@H](N[P@](C)(=O)OC[C@H]1O[C@@H](n2cc(F)c(=O)[nH]c2=O)C[C@@H]1OC(=O)OC(C)(C)C)C(=O)OCc1ccccc1. The van der Waals surface area contributed by atoms with E-state index in [9.17, 15) is 80.5 Å². The number of nitrogens with one attached hydrogen (secondary N) is 5. The molecule has 3 saturated heterocycles. The highest BCUT2D eigenvalue weighted by atomic mass is 31.2. The molecule has 13 atom stereocenters. The summed E-state index contributed by atoms with van der Waals surface area (Å²) in [7, 11) is -7.15. The lowest BCUT2D eigenvalue weighted by Gasteiger charge is -2.24. The van der Waals surface area contributed by atoms with Crippen molar-refractivity contribution in [1.82, 2.24) is 38.8 Å². The minimum Gasteiger partial charge on any atom is -0.460 e. The first-order chi connectivity index (χ1) is 45.3. The van der Waals surface area contributed by atoms with Gasteiger partial charge < -0.3 is 61.9 Å². The molecule has 6 heterocycles. The van der Waals surface area contributed by atoms with Gasteiger partial charge >= 0.3 is 41.3 Å². The molecule has 3 aliphatic heterocycles. The first kappa shape index (κ1) is 77.9.